The van der Waals surface area contributed by atoms with Gasteiger partial charge in [0.25, 0.3) is 0 Å². The molecule has 1 aromatic heterocycles. The van der Waals surface area contributed by atoms with Crippen molar-refractivity contribution < 1.29 is 13.2 Å². The molecule has 0 amide bonds. The van der Waals surface area contributed by atoms with Gasteiger partial charge in [0.05, 0.1) is 12.0 Å². The van der Waals surface area contributed by atoms with E-state index in [1.54, 1.807) is 0 Å². The normalized spacial score (nSPS) is 22.0. The summed E-state index contributed by atoms with van der Waals surface area (Å²) >= 11 is 0. The number of aromatic nitrogens is 2. The average Bonchev–Trinajstić information content (AvgIpc) is 2.41. The molecular weight excluding hydrogens is 183 g/mol. The van der Waals surface area contributed by atoms with Gasteiger partial charge in [0.1, 0.15) is 0 Å². The first-order chi connectivity index (χ1) is 5.98. The van der Waals surface area contributed by atoms with Crippen LogP contribution in [0.3, 0.4) is 0 Å². The maximum absolute atomic E-state index is 12.3. The van der Waals surface area contributed by atoms with E-state index in [4.69, 9.17) is 5.73 Å². The molecule has 0 saturated heterocycles. The van der Waals surface area contributed by atoms with Crippen LogP contribution >= 0.6 is 0 Å². The summed E-state index contributed by atoms with van der Waals surface area (Å²) in [6.07, 6.45) is -2.90. The summed E-state index contributed by atoms with van der Waals surface area (Å²) in [6, 6.07) is -0.209. The van der Waals surface area contributed by atoms with Gasteiger partial charge in [0.2, 0.25) is 0 Å². The van der Waals surface area contributed by atoms with Crippen LogP contribution in [0.5, 0.6) is 0 Å². The molecule has 0 saturated carbocycles. The summed E-state index contributed by atoms with van der Waals surface area (Å²) in [5.41, 5.74) is 4.94. The molecule has 2 N–H and O–H groups in total. The molecule has 3 nitrogen and oxygen atoms in total. The van der Waals surface area contributed by atoms with Crippen LogP contribution in [-0.4, -0.2) is 15.6 Å². The van der Waals surface area contributed by atoms with E-state index in [0.29, 0.717) is 6.54 Å². The van der Waals surface area contributed by atoms with Crippen LogP contribution in [0, 0.1) is 0 Å². The van der Waals surface area contributed by atoms with Gasteiger partial charge in [0.15, 0.2) is 5.69 Å². The first-order valence-corrected chi connectivity index (χ1v) is 3.85. The highest BCUT2D eigenvalue weighted by atomic mass is 19.4. The molecule has 72 valence electrons. The first kappa shape index (κ1) is 8.55. The van der Waals surface area contributed by atoms with Crippen molar-refractivity contribution in [2.45, 2.75) is 25.2 Å². The molecule has 2 heterocycles. The molecule has 13 heavy (non-hydrogen) atoms. The second-order valence-corrected chi connectivity index (χ2v) is 3.15. The molecule has 0 spiro atoms. The second kappa shape index (κ2) is 2.47. The van der Waals surface area contributed by atoms with Crippen LogP contribution in [-0.2, 0) is 19.1 Å². The summed E-state index contributed by atoms with van der Waals surface area (Å²) in [5, 5.41) is 0. The molecule has 1 aromatic rings. The zero-order valence-corrected chi connectivity index (χ0v) is 6.67. The number of halogens is 3. The van der Waals surface area contributed by atoms with Gasteiger partial charge in [-0.15, -0.1) is 0 Å². The zero-order valence-electron chi connectivity index (χ0n) is 6.67. The first-order valence-electron chi connectivity index (χ1n) is 3.85. The van der Waals surface area contributed by atoms with Crippen molar-refractivity contribution in [3.63, 3.8) is 0 Å². The lowest BCUT2D eigenvalue weighted by Crippen LogP contribution is -2.21. The molecule has 6 heteroatoms. The Hall–Kier alpha value is -1.04. The lowest BCUT2D eigenvalue weighted by atomic mass is 10.2. The van der Waals surface area contributed by atoms with Gasteiger partial charge < -0.3 is 10.3 Å². The summed E-state index contributed by atoms with van der Waals surface area (Å²) in [4.78, 5) is 3.33. The fourth-order valence-electron chi connectivity index (χ4n) is 1.58. The van der Waals surface area contributed by atoms with Gasteiger partial charge in [-0.25, -0.2) is 4.98 Å². The molecule has 1 aliphatic heterocycles. The molecule has 0 radical (unpaired) electrons. The largest absolute Gasteiger partial charge is 0.435 e. The molecule has 1 aliphatic rings. The van der Waals surface area contributed by atoms with E-state index in [2.05, 4.69) is 4.98 Å². The minimum absolute atomic E-state index is 0.208. The number of hydrogen-bond acceptors (Lipinski definition) is 2. The molecular formula is C7H8F3N3. The predicted octanol–water partition coefficient (Wildman–Crippen LogP) is 0.785. The van der Waals surface area contributed by atoms with E-state index in [9.17, 15) is 13.2 Å². The molecule has 0 aliphatic carbocycles. The van der Waals surface area contributed by atoms with Gasteiger partial charge in [-0.3, -0.25) is 0 Å². The van der Waals surface area contributed by atoms with Crippen molar-refractivity contribution in [2.24, 2.45) is 5.73 Å². The van der Waals surface area contributed by atoms with E-state index in [0.717, 1.165) is 0 Å². The van der Waals surface area contributed by atoms with E-state index in [-0.39, 0.29) is 18.2 Å². The highest BCUT2D eigenvalue weighted by Crippen LogP contribution is 2.32. The van der Waals surface area contributed by atoms with Gasteiger partial charge in [-0.05, 0) is 0 Å². The van der Waals surface area contributed by atoms with Crippen LogP contribution < -0.4 is 5.73 Å². The number of fused-ring (bicyclic) bond motifs is 1. The Kier molecular flexibility index (Phi) is 1.63. The highest BCUT2D eigenvalue weighted by Gasteiger charge is 2.39. The summed E-state index contributed by atoms with van der Waals surface area (Å²) in [5.74, 6) is 0. The van der Waals surface area contributed by atoms with Gasteiger partial charge in [-0.2, -0.15) is 13.2 Å². The molecule has 0 fully saturated rings. The van der Waals surface area contributed by atoms with Gasteiger partial charge >= 0.3 is 6.18 Å². The second-order valence-electron chi connectivity index (χ2n) is 3.15. The van der Waals surface area contributed by atoms with Crippen LogP contribution in [0.25, 0.3) is 0 Å². The Balaban J connectivity index is 2.42. The molecule has 2 rings (SSSR count). The smallest absolute Gasteiger partial charge is 0.332 e. The van der Waals surface area contributed by atoms with Crippen molar-refractivity contribution in [1.29, 1.82) is 0 Å². The van der Waals surface area contributed by atoms with Crippen molar-refractivity contribution in [3.8, 4) is 0 Å². The van der Waals surface area contributed by atoms with E-state index in [1.165, 1.54) is 10.9 Å². The number of nitrogens with zero attached hydrogens (tertiary/aromatic N) is 2. The SMILES string of the molecule is NC1Cc2c(C(F)(F)F)ncn2C1. The molecule has 0 bridgehead atoms. The maximum atomic E-state index is 12.3. The fraction of sp³-hybridized carbons (Fsp3) is 0.571. The molecule has 0 aromatic carbocycles. The summed E-state index contributed by atoms with van der Waals surface area (Å²) < 4.78 is 38.3. The average molecular weight is 191 g/mol. The summed E-state index contributed by atoms with van der Waals surface area (Å²) in [7, 11) is 0. The highest BCUT2D eigenvalue weighted by molar-refractivity contribution is 5.20. The van der Waals surface area contributed by atoms with Crippen molar-refractivity contribution in [2.75, 3.05) is 0 Å². The van der Waals surface area contributed by atoms with Crippen molar-refractivity contribution in [1.82, 2.24) is 9.55 Å². The van der Waals surface area contributed by atoms with Crippen LogP contribution in [0.2, 0.25) is 0 Å². The lowest BCUT2D eigenvalue weighted by molar-refractivity contribution is -0.141. The van der Waals surface area contributed by atoms with Crippen LogP contribution in [0.4, 0.5) is 13.2 Å². The van der Waals surface area contributed by atoms with Crippen LogP contribution in [0.1, 0.15) is 11.4 Å². The lowest BCUT2D eigenvalue weighted by Gasteiger charge is -2.04. The predicted molar refractivity (Wildman–Crippen MR) is 38.9 cm³/mol. The number of rotatable bonds is 0. The number of alkyl halides is 3. The van der Waals surface area contributed by atoms with Crippen LogP contribution in [0.15, 0.2) is 6.33 Å². The van der Waals surface area contributed by atoms with Gasteiger partial charge in [0, 0.05) is 19.0 Å². The standard InChI is InChI=1S/C7H8F3N3/c8-7(9,10)6-5-1-4(11)2-13(5)3-12-6/h3-4H,1-2,11H2. The van der Waals surface area contributed by atoms with E-state index < -0.39 is 11.9 Å². The third-order valence-electron chi connectivity index (χ3n) is 2.10. The Bertz CT molecular complexity index is 328. The monoisotopic (exact) mass is 191 g/mol. The Morgan fingerprint density at radius 1 is 1.54 bits per heavy atom. The number of hydrogen-bond donors (Lipinski definition) is 1. The minimum atomic E-state index is -4.36. The minimum Gasteiger partial charge on any atom is -0.332 e. The maximum Gasteiger partial charge on any atom is 0.435 e. The third-order valence-corrected chi connectivity index (χ3v) is 2.10. The Morgan fingerprint density at radius 2 is 2.23 bits per heavy atom. The summed E-state index contributed by atoms with van der Waals surface area (Å²) in [6.45, 7) is 0.429. The van der Waals surface area contributed by atoms with Crippen molar-refractivity contribution >= 4 is 0 Å². The zero-order chi connectivity index (χ0) is 9.64. The Morgan fingerprint density at radius 3 is 2.85 bits per heavy atom. The van der Waals surface area contributed by atoms with Crippen molar-refractivity contribution in [3.05, 3.63) is 17.7 Å². The number of imidazole rings is 1. The number of nitrogens with two attached hydrogens (primary N) is 1. The Labute approximate surface area is 72.4 Å². The van der Waals surface area contributed by atoms with E-state index >= 15 is 0 Å². The van der Waals surface area contributed by atoms with Gasteiger partial charge in [-0.1, -0.05) is 0 Å². The fourth-order valence-corrected chi connectivity index (χ4v) is 1.58. The quantitative estimate of drug-likeness (QED) is 0.658. The van der Waals surface area contributed by atoms with E-state index in [1.807, 2.05) is 0 Å². The topological polar surface area (TPSA) is 43.8 Å². The third kappa shape index (κ3) is 1.31. The molecule has 1 unspecified atom stereocenters. The molecule has 1 atom stereocenters.